The number of thiophene rings is 1. The van der Waals surface area contributed by atoms with E-state index in [0.29, 0.717) is 72.5 Å². The van der Waals surface area contributed by atoms with Crippen LogP contribution in [-0.2, 0) is 11.8 Å². The topological polar surface area (TPSA) is 130 Å². The number of nitriles is 2. The van der Waals surface area contributed by atoms with Gasteiger partial charge in [0, 0.05) is 61.5 Å². The number of aryl methyl sites for hydroxylation is 1. The number of nitrogens with one attached hydrogen (secondary N) is 1. The summed E-state index contributed by atoms with van der Waals surface area (Å²) < 4.78 is 20.8. The normalized spacial score (nSPS) is 31.0. The third-order valence-corrected chi connectivity index (χ3v) is 11.8. The van der Waals surface area contributed by atoms with E-state index in [2.05, 4.69) is 32.2 Å². The van der Waals surface area contributed by atoms with Crippen molar-refractivity contribution in [3.63, 3.8) is 0 Å². The number of ether oxygens (including phenoxy) is 1. The number of hydrogen-bond donors (Lipinski definition) is 2. The van der Waals surface area contributed by atoms with Crippen molar-refractivity contribution >= 4 is 28.0 Å². The summed E-state index contributed by atoms with van der Waals surface area (Å²) in [5.41, 5.74) is 8.01. The van der Waals surface area contributed by atoms with E-state index in [0.717, 1.165) is 70.1 Å². The van der Waals surface area contributed by atoms with Gasteiger partial charge in [0.15, 0.2) is 11.6 Å². The van der Waals surface area contributed by atoms with E-state index in [9.17, 15) is 14.9 Å². The van der Waals surface area contributed by atoms with Crippen molar-refractivity contribution in [2.75, 3.05) is 61.4 Å². The zero-order chi connectivity index (χ0) is 28.6. The summed E-state index contributed by atoms with van der Waals surface area (Å²) >= 11 is 1.55. The van der Waals surface area contributed by atoms with Crippen LogP contribution >= 0.6 is 11.3 Å². The number of anilines is 3. The number of nitrogens with two attached hydrogens (primary N) is 1. The fraction of sp³-hybridized carbons (Fsp3) is 0.667. The zero-order valence-electron chi connectivity index (χ0n) is 23.7. The molecule has 6 aliphatic rings. The van der Waals surface area contributed by atoms with E-state index >= 15 is 0 Å². The largest absolute Gasteiger partial charge is 0.461 e. The highest BCUT2D eigenvalue weighted by Gasteiger charge is 2.52. The summed E-state index contributed by atoms with van der Waals surface area (Å²) in [5.74, 6) is 1.23. The van der Waals surface area contributed by atoms with Crippen LogP contribution in [0.1, 0.15) is 66.5 Å². The van der Waals surface area contributed by atoms with Gasteiger partial charge in [-0.15, -0.1) is 11.3 Å². The fourth-order valence-electron chi connectivity index (χ4n) is 8.87. The predicted molar refractivity (Wildman–Crippen MR) is 158 cm³/mol. The minimum Gasteiger partial charge on any atom is -0.461 e. The molecule has 5 saturated heterocycles. The van der Waals surface area contributed by atoms with Gasteiger partial charge in [0.25, 0.3) is 0 Å². The van der Waals surface area contributed by atoms with E-state index in [-0.39, 0.29) is 17.0 Å². The van der Waals surface area contributed by atoms with Gasteiger partial charge in [0.1, 0.15) is 35.5 Å². The molecule has 1 spiro atoms. The molecule has 10 nitrogen and oxygen atoms in total. The van der Waals surface area contributed by atoms with E-state index in [1.165, 1.54) is 4.88 Å². The molecule has 5 fully saturated rings. The molecule has 2 unspecified atom stereocenters. The highest BCUT2D eigenvalue weighted by Crippen LogP contribution is 2.51. The van der Waals surface area contributed by atoms with Crippen molar-refractivity contribution in [3.05, 3.63) is 21.6 Å². The van der Waals surface area contributed by atoms with Crippen LogP contribution in [0, 0.1) is 22.7 Å². The zero-order valence-corrected chi connectivity index (χ0v) is 24.6. The first-order valence-corrected chi connectivity index (χ1v) is 16.1. The molecule has 0 aromatic carbocycles. The minimum atomic E-state index is -0.833. The molecule has 42 heavy (non-hydrogen) atoms. The fourth-order valence-corrected chi connectivity index (χ4v) is 10.0. The summed E-state index contributed by atoms with van der Waals surface area (Å²) in [4.78, 5) is 17.6. The molecule has 0 radical (unpaired) electrons. The van der Waals surface area contributed by atoms with Gasteiger partial charge in [-0.2, -0.15) is 20.5 Å². The molecule has 7 heterocycles. The lowest BCUT2D eigenvalue weighted by molar-refractivity contribution is 0.107. The van der Waals surface area contributed by atoms with Gasteiger partial charge in [0.05, 0.1) is 11.1 Å². The Morgan fingerprint density at radius 2 is 1.76 bits per heavy atom. The van der Waals surface area contributed by atoms with Crippen molar-refractivity contribution in [2.45, 2.75) is 80.6 Å². The Balaban J connectivity index is 1.14. The van der Waals surface area contributed by atoms with Gasteiger partial charge in [-0.3, -0.25) is 4.90 Å². The third-order valence-electron chi connectivity index (χ3n) is 10.7. The average Bonchev–Trinajstić information content (AvgIpc) is 3.69. The molecule has 8 rings (SSSR count). The maximum absolute atomic E-state index is 14.4. The number of fused-ring (bicyclic) bond motifs is 5. The van der Waals surface area contributed by atoms with Crippen LogP contribution in [0.2, 0.25) is 0 Å². The summed E-state index contributed by atoms with van der Waals surface area (Å²) in [6.45, 7) is 4.62. The number of piperazine rings is 1. The number of alkyl halides is 1. The van der Waals surface area contributed by atoms with Crippen molar-refractivity contribution in [1.29, 1.82) is 10.5 Å². The second-order valence-corrected chi connectivity index (χ2v) is 14.4. The quantitative estimate of drug-likeness (QED) is 0.537. The lowest BCUT2D eigenvalue weighted by Crippen LogP contribution is -2.61. The first-order chi connectivity index (χ1) is 20.4. The molecule has 4 atom stereocenters. The molecule has 3 N–H and O–H groups in total. The van der Waals surface area contributed by atoms with Gasteiger partial charge in [-0.25, -0.2) is 4.39 Å². The molecule has 220 valence electrons. The maximum Gasteiger partial charge on any atom is 0.320 e. The molecule has 2 aromatic heterocycles. The summed E-state index contributed by atoms with van der Waals surface area (Å²) in [5, 5.41) is 24.7. The number of halogens is 1. The standard InChI is InChI=1S/C30H36FN9OS/c31-18-9-30(7-2-8-40(30)12-18)17-41-28-36-26(38-13-19-4-5-20(14-38)35-19)22(11-33)27(37-28)39-15-29(16-39)6-1-3-23-24(29)21(10-32)25(34)42-23/h18-20,35H,1-9,12-17,34H2/t18-,19?,20?,30+/m1/s1. The Morgan fingerprint density at radius 3 is 2.50 bits per heavy atom. The molecule has 0 saturated carbocycles. The van der Waals surface area contributed by atoms with Crippen molar-refractivity contribution in [2.24, 2.45) is 0 Å². The van der Waals surface area contributed by atoms with Crippen LogP contribution in [0.3, 0.4) is 0 Å². The molecular formula is C30H36FN9OS. The van der Waals surface area contributed by atoms with Crippen molar-refractivity contribution in [1.82, 2.24) is 20.2 Å². The third kappa shape index (κ3) is 3.99. The number of rotatable bonds is 5. The Bertz CT molecular complexity index is 1500. The second kappa shape index (κ2) is 9.66. The first-order valence-electron chi connectivity index (χ1n) is 15.3. The SMILES string of the molecule is N#Cc1c(N2CC3CCC(C2)N3)nc(OC[C@@]23CCCN2C[C@H](F)C3)nc1N1CC2(CCCc3sc(N)c(C#N)c32)C1. The van der Waals surface area contributed by atoms with Crippen LogP contribution in [-0.4, -0.2) is 84.5 Å². The molecule has 12 heteroatoms. The second-order valence-electron chi connectivity index (χ2n) is 13.3. The number of hydrogen-bond acceptors (Lipinski definition) is 11. The van der Waals surface area contributed by atoms with Crippen LogP contribution in [0.25, 0.3) is 0 Å². The molecule has 1 aliphatic carbocycles. The smallest absolute Gasteiger partial charge is 0.320 e. The molecule has 2 aromatic rings. The van der Waals surface area contributed by atoms with Crippen LogP contribution < -0.4 is 25.6 Å². The Morgan fingerprint density at radius 1 is 1.02 bits per heavy atom. The van der Waals surface area contributed by atoms with Crippen LogP contribution in [0.4, 0.5) is 21.0 Å². The lowest BCUT2D eigenvalue weighted by Gasteiger charge is -2.53. The van der Waals surface area contributed by atoms with E-state index in [4.69, 9.17) is 20.4 Å². The highest BCUT2D eigenvalue weighted by molar-refractivity contribution is 7.16. The number of aromatic nitrogens is 2. The monoisotopic (exact) mass is 589 g/mol. The van der Waals surface area contributed by atoms with Gasteiger partial charge in [-0.05, 0) is 57.1 Å². The van der Waals surface area contributed by atoms with E-state index < -0.39 is 6.17 Å². The van der Waals surface area contributed by atoms with E-state index in [1.807, 2.05) is 0 Å². The maximum atomic E-state index is 14.4. The van der Waals surface area contributed by atoms with Gasteiger partial charge in [-0.1, -0.05) is 0 Å². The average molecular weight is 590 g/mol. The minimum absolute atomic E-state index is 0.164. The number of nitrogens with zero attached hydrogens (tertiary/aromatic N) is 7. The van der Waals surface area contributed by atoms with Crippen LogP contribution in [0.15, 0.2) is 0 Å². The molecule has 2 bridgehead atoms. The predicted octanol–water partition coefficient (Wildman–Crippen LogP) is 2.85. The molecule has 5 aliphatic heterocycles. The van der Waals surface area contributed by atoms with Gasteiger partial charge < -0.3 is 25.6 Å². The number of nitrogen functional groups attached to an aromatic ring is 1. The first kappa shape index (κ1) is 26.4. The Labute approximate surface area is 249 Å². The molecule has 0 amide bonds. The van der Waals surface area contributed by atoms with Gasteiger partial charge in [0.2, 0.25) is 0 Å². The Kier molecular flexibility index (Phi) is 6.08. The molecular weight excluding hydrogens is 553 g/mol. The van der Waals surface area contributed by atoms with Crippen LogP contribution in [0.5, 0.6) is 6.01 Å². The van der Waals surface area contributed by atoms with E-state index in [1.54, 1.807) is 11.3 Å². The van der Waals surface area contributed by atoms with Crippen molar-refractivity contribution in [3.8, 4) is 18.1 Å². The summed E-state index contributed by atoms with van der Waals surface area (Å²) in [6.07, 6.45) is 6.83. The summed E-state index contributed by atoms with van der Waals surface area (Å²) in [7, 11) is 0. The van der Waals surface area contributed by atoms with Crippen molar-refractivity contribution < 1.29 is 9.13 Å². The highest BCUT2D eigenvalue weighted by atomic mass is 32.1. The van der Waals surface area contributed by atoms with Gasteiger partial charge >= 0.3 is 6.01 Å². The summed E-state index contributed by atoms with van der Waals surface area (Å²) in [6, 6.07) is 5.84. The lowest BCUT2D eigenvalue weighted by atomic mass is 9.66. The Hall–Kier alpha value is -3.19.